The van der Waals surface area contributed by atoms with Crippen molar-refractivity contribution in [1.82, 2.24) is 10.3 Å². The number of benzene rings is 2. The molecule has 30 heavy (non-hydrogen) atoms. The molecule has 2 amide bonds. The first-order valence-electron chi connectivity index (χ1n) is 9.90. The van der Waals surface area contributed by atoms with Gasteiger partial charge in [0.15, 0.2) is 0 Å². The Morgan fingerprint density at radius 3 is 2.70 bits per heavy atom. The van der Waals surface area contributed by atoms with Gasteiger partial charge in [-0.3, -0.25) is 9.59 Å². The molecule has 0 spiro atoms. The number of hydrogen-bond acceptors (Lipinski definition) is 5. The van der Waals surface area contributed by atoms with E-state index in [-0.39, 0.29) is 11.8 Å². The first-order chi connectivity index (χ1) is 14.6. The van der Waals surface area contributed by atoms with Crippen LogP contribution in [0.2, 0.25) is 0 Å². The molecule has 2 aromatic carbocycles. The van der Waals surface area contributed by atoms with E-state index >= 15 is 0 Å². The van der Waals surface area contributed by atoms with Gasteiger partial charge in [0.05, 0.1) is 16.3 Å². The summed E-state index contributed by atoms with van der Waals surface area (Å²) < 4.78 is 0. The normalized spacial score (nSPS) is 13.6. The number of thiazole rings is 1. The lowest BCUT2D eigenvalue weighted by molar-refractivity contribution is -0.117. The molecule has 4 rings (SSSR count). The summed E-state index contributed by atoms with van der Waals surface area (Å²) in [5.41, 5.74) is 3.64. The second-order valence-electron chi connectivity index (χ2n) is 7.14. The van der Waals surface area contributed by atoms with E-state index in [0.29, 0.717) is 18.5 Å². The predicted molar refractivity (Wildman–Crippen MR) is 122 cm³/mol. The highest BCUT2D eigenvalue weighted by molar-refractivity contribution is 7.98. The highest BCUT2D eigenvalue weighted by Crippen LogP contribution is 2.27. The van der Waals surface area contributed by atoms with E-state index in [4.69, 9.17) is 0 Å². The number of nitrogens with one attached hydrogen (secondary N) is 1. The van der Waals surface area contributed by atoms with Gasteiger partial charge >= 0.3 is 0 Å². The van der Waals surface area contributed by atoms with Crippen molar-refractivity contribution in [3.8, 4) is 0 Å². The molecule has 0 saturated carbocycles. The van der Waals surface area contributed by atoms with Gasteiger partial charge in [0.1, 0.15) is 0 Å². The molecule has 1 aliphatic rings. The minimum atomic E-state index is -0.0913. The van der Waals surface area contributed by atoms with Gasteiger partial charge in [-0.25, -0.2) is 4.98 Å². The summed E-state index contributed by atoms with van der Waals surface area (Å²) in [6.07, 6.45) is 1.54. The van der Waals surface area contributed by atoms with Gasteiger partial charge in [0, 0.05) is 41.2 Å². The fourth-order valence-corrected chi connectivity index (χ4v) is 5.06. The Balaban J connectivity index is 1.36. The molecule has 154 valence electrons. The first kappa shape index (κ1) is 20.6. The maximum absolute atomic E-state index is 12.8. The van der Waals surface area contributed by atoms with Gasteiger partial charge in [0.2, 0.25) is 5.91 Å². The van der Waals surface area contributed by atoms with Crippen LogP contribution in [-0.4, -0.2) is 23.3 Å². The fraction of sp³-hybridized carbons (Fsp3) is 0.261. The SMILES string of the molecule is Cc1nc(CSc2ccccc2C(=O)NCc2ccc(N3CCCC3=O)cc2)cs1. The van der Waals surface area contributed by atoms with Crippen LogP contribution in [0.25, 0.3) is 0 Å². The van der Waals surface area contributed by atoms with Crippen LogP contribution in [0.1, 0.15) is 39.5 Å². The number of carbonyl (C=O) groups excluding carboxylic acids is 2. The monoisotopic (exact) mass is 437 g/mol. The van der Waals surface area contributed by atoms with Crippen LogP contribution in [0.3, 0.4) is 0 Å². The standard InChI is InChI=1S/C23H23N3O2S2/c1-16-25-18(14-29-16)15-30-21-6-3-2-5-20(21)23(28)24-13-17-8-10-19(11-9-17)26-12-4-7-22(26)27/h2-3,5-6,8-11,14H,4,7,12-13,15H2,1H3,(H,24,28). The summed E-state index contributed by atoms with van der Waals surface area (Å²) in [5.74, 6) is 0.829. The summed E-state index contributed by atoms with van der Waals surface area (Å²) in [5, 5.41) is 6.12. The van der Waals surface area contributed by atoms with E-state index in [9.17, 15) is 9.59 Å². The number of carbonyl (C=O) groups is 2. The summed E-state index contributed by atoms with van der Waals surface area (Å²) in [7, 11) is 0. The average Bonchev–Trinajstić information content (AvgIpc) is 3.39. The van der Waals surface area contributed by atoms with Crippen molar-refractivity contribution < 1.29 is 9.59 Å². The summed E-state index contributed by atoms with van der Waals surface area (Å²) in [6.45, 7) is 3.22. The van der Waals surface area contributed by atoms with Crippen LogP contribution in [0.15, 0.2) is 58.8 Å². The number of hydrogen-bond donors (Lipinski definition) is 1. The quantitative estimate of drug-likeness (QED) is 0.539. The maximum Gasteiger partial charge on any atom is 0.252 e. The van der Waals surface area contributed by atoms with E-state index < -0.39 is 0 Å². The summed E-state index contributed by atoms with van der Waals surface area (Å²) in [6, 6.07) is 15.5. The molecule has 1 aromatic heterocycles. The summed E-state index contributed by atoms with van der Waals surface area (Å²) >= 11 is 3.27. The van der Waals surface area contributed by atoms with Crippen molar-refractivity contribution in [1.29, 1.82) is 0 Å². The molecule has 1 N–H and O–H groups in total. The van der Waals surface area contributed by atoms with Crippen LogP contribution < -0.4 is 10.2 Å². The lowest BCUT2D eigenvalue weighted by atomic mass is 10.1. The number of amides is 2. The topological polar surface area (TPSA) is 62.3 Å². The molecule has 1 aliphatic heterocycles. The second-order valence-corrected chi connectivity index (χ2v) is 9.22. The second kappa shape index (κ2) is 9.45. The van der Waals surface area contributed by atoms with Crippen molar-refractivity contribution in [2.45, 2.75) is 37.0 Å². The van der Waals surface area contributed by atoms with Gasteiger partial charge in [-0.05, 0) is 43.2 Å². The molecule has 5 nitrogen and oxygen atoms in total. The molecule has 3 aromatic rings. The van der Waals surface area contributed by atoms with Crippen LogP contribution in [0, 0.1) is 6.92 Å². The van der Waals surface area contributed by atoms with Crippen molar-refractivity contribution in [3.05, 3.63) is 75.7 Å². The lowest BCUT2D eigenvalue weighted by Crippen LogP contribution is -2.24. The van der Waals surface area contributed by atoms with Gasteiger partial charge in [-0.15, -0.1) is 23.1 Å². The van der Waals surface area contributed by atoms with Gasteiger partial charge in [0.25, 0.3) is 5.91 Å². The molecule has 0 unspecified atom stereocenters. The van der Waals surface area contributed by atoms with E-state index in [1.807, 2.05) is 60.4 Å². The highest BCUT2D eigenvalue weighted by atomic mass is 32.2. The number of rotatable bonds is 7. The van der Waals surface area contributed by atoms with Gasteiger partial charge in [-0.2, -0.15) is 0 Å². The van der Waals surface area contributed by atoms with Gasteiger partial charge in [-0.1, -0.05) is 24.3 Å². The Morgan fingerprint density at radius 2 is 2.00 bits per heavy atom. The molecule has 0 atom stereocenters. The molecular formula is C23H23N3O2S2. The number of anilines is 1. The molecule has 1 fully saturated rings. The third-order valence-electron chi connectivity index (χ3n) is 4.95. The van der Waals surface area contributed by atoms with E-state index in [1.165, 1.54) is 0 Å². The molecule has 7 heteroatoms. The zero-order chi connectivity index (χ0) is 20.9. The van der Waals surface area contributed by atoms with E-state index in [1.54, 1.807) is 23.1 Å². The molecular weight excluding hydrogens is 414 g/mol. The van der Waals surface area contributed by atoms with Crippen LogP contribution >= 0.6 is 23.1 Å². The van der Waals surface area contributed by atoms with Crippen LogP contribution in [-0.2, 0) is 17.1 Å². The Morgan fingerprint density at radius 1 is 1.20 bits per heavy atom. The minimum Gasteiger partial charge on any atom is -0.348 e. The number of aryl methyl sites for hydroxylation is 1. The van der Waals surface area contributed by atoms with E-state index in [2.05, 4.69) is 15.7 Å². The molecule has 0 bridgehead atoms. The Hall–Kier alpha value is -2.64. The molecule has 0 aliphatic carbocycles. The van der Waals surface area contributed by atoms with Crippen molar-refractivity contribution >= 4 is 40.6 Å². The zero-order valence-corrected chi connectivity index (χ0v) is 18.4. The third kappa shape index (κ3) is 4.91. The lowest BCUT2D eigenvalue weighted by Gasteiger charge is -2.16. The van der Waals surface area contributed by atoms with Crippen molar-refractivity contribution in [2.75, 3.05) is 11.4 Å². The Labute approximate surface area is 184 Å². The van der Waals surface area contributed by atoms with Gasteiger partial charge < -0.3 is 10.2 Å². The highest BCUT2D eigenvalue weighted by Gasteiger charge is 2.21. The number of aromatic nitrogens is 1. The van der Waals surface area contributed by atoms with Crippen LogP contribution in [0.4, 0.5) is 5.69 Å². The maximum atomic E-state index is 12.8. The van der Waals surface area contributed by atoms with E-state index in [0.717, 1.165) is 45.6 Å². The minimum absolute atomic E-state index is 0.0913. The molecule has 2 heterocycles. The predicted octanol–water partition coefficient (Wildman–Crippen LogP) is 4.80. The smallest absolute Gasteiger partial charge is 0.252 e. The van der Waals surface area contributed by atoms with Crippen molar-refractivity contribution in [3.63, 3.8) is 0 Å². The number of thioether (sulfide) groups is 1. The Bertz CT molecular complexity index is 1050. The first-order valence-corrected chi connectivity index (χ1v) is 11.8. The van der Waals surface area contributed by atoms with Crippen LogP contribution in [0.5, 0.6) is 0 Å². The average molecular weight is 438 g/mol. The largest absolute Gasteiger partial charge is 0.348 e. The fourth-order valence-electron chi connectivity index (χ4n) is 3.40. The molecule has 1 saturated heterocycles. The van der Waals surface area contributed by atoms with Crippen molar-refractivity contribution in [2.24, 2.45) is 0 Å². The molecule has 0 radical (unpaired) electrons. The zero-order valence-electron chi connectivity index (χ0n) is 16.8. The third-order valence-corrected chi connectivity index (χ3v) is 6.88. The summed E-state index contributed by atoms with van der Waals surface area (Å²) in [4.78, 5) is 31.9. The Kier molecular flexibility index (Phi) is 6.50. The number of nitrogens with zero attached hydrogens (tertiary/aromatic N) is 2.